The second kappa shape index (κ2) is 9.76. The maximum absolute atomic E-state index is 12.5. The van der Waals surface area contributed by atoms with Gasteiger partial charge in [0, 0.05) is 5.69 Å². The molecule has 0 spiro atoms. The molecule has 2 N–H and O–H groups in total. The van der Waals surface area contributed by atoms with E-state index in [0.717, 1.165) is 5.75 Å². The Morgan fingerprint density at radius 2 is 1.62 bits per heavy atom. The van der Waals surface area contributed by atoms with Gasteiger partial charge in [-0.25, -0.2) is 9.67 Å². The number of anilines is 1. The van der Waals surface area contributed by atoms with Gasteiger partial charge in [0.05, 0.1) is 19.8 Å². The molecule has 0 unspecified atom stereocenters. The van der Waals surface area contributed by atoms with E-state index in [2.05, 4.69) is 15.4 Å². The van der Waals surface area contributed by atoms with Crippen LogP contribution >= 0.6 is 0 Å². The summed E-state index contributed by atoms with van der Waals surface area (Å²) < 4.78 is 12.3. The SMILES string of the molecule is COc1ccc([C@@H](O)Cn2cnc(C(=O)Nc3ccc(Oc4ccccc4)cc3)n2)cc1. The van der Waals surface area contributed by atoms with E-state index < -0.39 is 12.0 Å². The highest BCUT2D eigenvalue weighted by atomic mass is 16.5. The number of nitrogens with one attached hydrogen (secondary N) is 1. The first-order valence-electron chi connectivity index (χ1n) is 9.96. The topological polar surface area (TPSA) is 98.5 Å². The summed E-state index contributed by atoms with van der Waals surface area (Å²) in [5.74, 6) is 1.66. The summed E-state index contributed by atoms with van der Waals surface area (Å²) in [4.78, 5) is 16.5. The van der Waals surface area contributed by atoms with Crippen molar-refractivity contribution < 1.29 is 19.4 Å². The largest absolute Gasteiger partial charge is 0.497 e. The Morgan fingerprint density at radius 1 is 0.969 bits per heavy atom. The minimum Gasteiger partial charge on any atom is -0.497 e. The van der Waals surface area contributed by atoms with Crippen molar-refractivity contribution in [2.24, 2.45) is 0 Å². The first kappa shape index (κ1) is 21.1. The fraction of sp³-hybridized carbons (Fsp3) is 0.125. The molecule has 1 aromatic heterocycles. The Hall–Kier alpha value is -4.17. The van der Waals surface area contributed by atoms with Crippen molar-refractivity contribution >= 4 is 11.6 Å². The van der Waals surface area contributed by atoms with E-state index in [0.29, 0.717) is 22.7 Å². The van der Waals surface area contributed by atoms with Crippen LogP contribution in [0.2, 0.25) is 0 Å². The maximum atomic E-state index is 12.5. The lowest BCUT2D eigenvalue weighted by Crippen LogP contribution is -2.15. The number of aliphatic hydroxyl groups excluding tert-OH is 1. The average molecular weight is 430 g/mol. The number of benzene rings is 3. The standard InChI is InChI=1S/C24H22N4O4/c1-31-19-11-7-17(8-12-19)22(29)15-28-16-25-23(27-28)24(30)26-18-9-13-21(14-10-18)32-20-5-3-2-4-6-20/h2-14,16,22,29H,15H2,1H3,(H,26,30)/t22-/m0/s1. The van der Waals surface area contributed by atoms with Gasteiger partial charge >= 0.3 is 0 Å². The zero-order valence-electron chi connectivity index (χ0n) is 17.4. The highest BCUT2D eigenvalue weighted by Gasteiger charge is 2.15. The normalized spacial score (nSPS) is 11.6. The Labute approximate surface area is 185 Å². The number of methoxy groups -OCH3 is 1. The van der Waals surface area contributed by atoms with Crippen molar-refractivity contribution in [1.29, 1.82) is 0 Å². The molecule has 0 bridgehead atoms. The van der Waals surface area contributed by atoms with Crippen LogP contribution in [0.1, 0.15) is 22.3 Å². The van der Waals surface area contributed by atoms with Gasteiger partial charge in [-0.1, -0.05) is 30.3 Å². The first-order valence-corrected chi connectivity index (χ1v) is 9.96. The molecule has 3 aromatic carbocycles. The molecule has 162 valence electrons. The first-order chi connectivity index (χ1) is 15.6. The van der Waals surface area contributed by atoms with Gasteiger partial charge in [0.15, 0.2) is 0 Å². The van der Waals surface area contributed by atoms with Crippen LogP contribution in [0.25, 0.3) is 0 Å². The van der Waals surface area contributed by atoms with Crippen LogP contribution in [0, 0.1) is 0 Å². The number of nitrogens with zero attached hydrogens (tertiary/aromatic N) is 3. The second-order valence-corrected chi connectivity index (χ2v) is 6.97. The number of carbonyl (C=O) groups is 1. The zero-order chi connectivity index (χ0) is 22.3. The quantitative estimate of drug-likeness (QED) is 0.437. The molecule has 0 aliphatic carbocycles. The highest BCUT2D eigenvalue weighted by molar-refractivity contribution is 6.01. The molecular weight excluding hydrogens is 408 g/mol. The lowest BCUT2D eigenvalue weighted by atomic mass is 10.1. The summed E-state index contributed by atoms with van der Waals surface area (Å²) in [5, 5.41) is 17.3. The van der Waals surface area contributed by atoms with E-state index in [9.17, 15) is 9.90 Å². The maximum Gasteiger partial charge on any atom is 0.295 e. The van der Waals surface area contributed by atoms with Gasteiger partial charge in [0.2, 0.25) is 5.82 Å². The molecule has 0 radical (unpaired) electrons. The van der Waals surface area contributed by atoms with E-state index >= 15 is 0 Å². The Morgan fingerprint density at radius 3 is 2.31 bits per heavy atom. The third-order valence-electron chi connectivity index (χ3n) is 4.69. The molecular formula is C24H22N4O4. The van der Waals surface area contributed by atoms with Crippen molar-refractivity contribution in [2.45, 2.75) is 12.6 Å². The van der Waals surface area contributed by atoms with Gasteiger partial charge < -0.3 is 19.9 Å². The van der Waals surface area contributed by atoms with Gasteiger partial charge in [-0.05, 0) is 54.1 Å². The fourth-order valence-electron chi connectivity index (χ4n) is 3.01. The molecule has 4 rings (SSSR count). The molecule has 8 heteroatoms. The summed E-state index contributed by atoms with van der Waals surface area (Å²) in [5.41, 5.74) is 1.30. The molecule has 32 heavy (non-hydrogen) atoms. The number of amides is 1. The van der Waals surface area contributed by atoms with Crippen molar-refractivity contribution in [1.82, 2.24) is 14.8 Å². The lowest BCUT2D eigenvalue weighted by molar-refractivity contribution is 0.101. The Kier molecular flexibility index (Phi) is 6.43. The minimum atomic E-state index is -0.796. The molecule has 0 saturated carbocycles. The van der Waals surface area contributed by atoms with Crippen LogP contribution in [0.5, 0.6) is 17.2 Å². The summed E-state index contributed by atoms with van der Waals surface area (Å²) in [6, 6.07) is 23.5. The Bertz CT molecular complexity index is 1160. The van der Waals surface area contributed by atoms with Crippen LogP contribution in [-0.2, 0) is 6.54 Å². The van der Waals surface area contributed by atoms with Crippen LogP contribution in [-0.4, -0.2) is 32.9 Å². The molecule has 0 aliphatic rings. The predicted molar refractivity (Wildman–Crippen MR) is 119 cm³/mol. The van der Waals surface area contributed by atoms with Crippen LogP contribution in [0.4, 0.5) is 5.69 Å². The third-order valence-corrected chi connectivity index (χ3v) is 4.69. The highest BCUT2D eigenvalue weighted by Crippen LogP contribution is 2.23. The van der Waals surface area contributed by atoms with Crippen LogP contribution in [0.15, 0.2) is 85.2 Å². The zero-order valence-corrected chi connectivity index (χ0v) is 17.4. The van der Waals surface area contributed by atoms with E-state index in [1.807, 2.05) is 30.3 Å². The molecule has 1 atom stereocenters. The number of hydrogen-bond acceptors (Lipinski definition) is 6. The molecule has 0 fully saturated rings. The van der Waals surface area contributed by atoms with Crippen LogP contribution in [0.3, 0.4) is 0 Å². The summed E-state index contributed by atoms with van der Waals surface area (Å²) in [6.45, 7) is 0.165. The molecule has 0 aliphatic heterocycles. The van der Waals surface area contributed by atoms with Gasteiger partial charge in [-0.3, -0.25) is 4.79 Å². The predicted octanol–water partition coefficient (Wildman–Crippen LogP) is 4.06. The number of para-hydroxylation sites is 1. The second-order valence-electron chi connectivity index (χ2n) is 6.97. The van der Waals surface area contributed by atoms with E-state index in [1.54, 1.807) is 55.6 Å². The molecule has 4 aromatic rings. The average Bonchev–Trinajstić information content (AvgIpc) is 3.30. The van der Waals surface area contributed by atoms with Crippen molar-refractivity contribution in [3.63, 3.8) is 0 Å². The van der Waals surface area contributed by atoms with Crippen molar-refractivity contribution in [3.05, 3.63) is 96.6 Å². The number of carbonyl (C=O) groups excluding carboxylic acids is 1. The summed E-state index contributed by atoms with van der Waals surface area (Å²) >= 11 is 0. The molecule has 0 saturated heterocycles. The van der Waals surface area contributed by atoms with Crippen LogP contribution < -0.4 is 14.8 Å². The fourth-order valence-corrected chi connectivity index (χ4v) is 3.01. The van der Waals surface area contributed by atoms with Gasteiger partial charge in [0.25, 0.3) is 5.91 Å². The monoisotopic (exact) mass is 430 g/mol. The van der Waals surface area contributed by atoms with Gasteiger partial charge in [0.1, 0.15) is 23.6 Å². The van der Waals surface area contributed by atoms with Crippen molar-refractivity contribution in [3.8, 4) is 17.2 Å². The van der Waals surface area contributed by atoms with Gasteiger partial charge in [-0.15, -0.1) is 5.10 Å². The smallest absolute Gasteiger partial charge is 0.295 e. The molecule has 8 nitrogen and oxygen atoms in total. The summed E-state index contributed by atoms with van der Waals surface area (Å²) in [6.07, 6.45) is 0.619. The number of aliphatic hydroxyl groups is 1. The Balaban J connectivity index is 1.34. The minimum absolute atomic E-state index is 0.0107. The number of ether oxygens (including phenoxy) is 2. The number of aromatic nitrogens is 3. The van der Waals surface area contributed by atoms with Crippen molar-refractivity contribution in [2.75, 3.05) is 12.4 Å². The van der Waals surface area contributed by atoms with E-state index in [4.69, 9.17) is 9.47 Å². The van der Waals surface area contributed by atoms with E-state index in [-0.39, 0.29) is 12.4 Å². The number of hydrogen-bond donors (Lipinski definition) is 2. The summed E-state index contributed by atoms with van der Waals surface area (Å²) in [7, 11) is 1.58. The lowest BCUT2D eigenvalue weighted by Gasteiger charge is -2.11. The number of rotatable bonds is 8. The van der Waals surface area contributed by atoms with E-state index in [1.165, 1.54) is 11.0 Å². The third kappa shape index (κ3) is 5.30. The van der Waals surface area contributed by atoms with Gasteiger partial charge in [-0.2, -0.15) is 0 Å². The molecule has 1 amide bonds. The molecule has 1 heterocycles.